The van der Waals surface area contributed by atoms with E-state index in [1.165, 1.54) is 30.7 Å². The highest BCUT2D eigenvalue weighted by atomic mass is 19.4. The third kappa shape index (κ3) is 2.85. The first-order valence-corrected chi connectivity index (χ1v) is 7.62. The molecule has 0 spiro atoms. The summed E-state index contributed by atoms with van der Waals surface area (Å²) in [6.07, 6.45) is -1.89. The molecule has 5 nitrogen and oxygen atoms in total. The molecule has 0 amide bonds. The lowest BCUT2D eigenvalue weighted by molar-refractivity contribution is -0.137. The standard InChI is InChI=1S/C18H11F3N4O/c19-18(20,21)14-8-4-5-9-15(14)25-16-13(10-24-25)17(23-11-22-16)26-12-6-2-1-3-7-12/h1-11H. The van der Waals surface area contributed by atoms with Gasteiger partial charge in [-0.1, -0.05) is 30.3 Å². The van der Waals surface area contributed by atoms with Crippen LogP contribution in [0.2, 0.25) is 0 Å². The van der Waals surface area contributed by atoms with Crippen molar-refractivity contribution in [1.82, 2.24) is 19.7 Å². The summed E-state index contributed by atoms with van der Waals surface area (Å²) >= 11 is 0. The first-order valence-electron chi connectivity index (χ1n) is 7.62. The largest absolute Gasteiger partial charge is 0.438 e. The van der Waals surface area contributed by atoms with Crippen molar-refractivity contribution in [2.24, 2.45) is 0 Å². The van der Waals surface area contributed by atoms with Crippen LogP contribution in [0.25, 0.3) is 16.7 Å². The number of benzene rings is 2. The summed E-state index contributed by atoms with van der Waals surface area (Å²) in [6.45, 7) is 0. The van der Waals surface area contributed by atoms with Crippen molar-refractivity contribution < 1.29 is 17.9 Å². The van der Waals surface area contributed by atoms with E-state index in [1.54, 1.807) is 24.3 Å². The van der Waals surface area contributed by atoms with Crippen molar-refractivity contribution in [3.05, 3.63) is 72.7 Å². The van der Waals surface area contributed by atoms with E-state index in [1.807, 2.05) is 6.07 Å². The first-order chi connectivity index (χ1) is 12.5. The molecule has 0 saturated heterocycles. The lowest BCUT2D eigenvalue weighted by Gasteiger charge is -2.12. The SMILES string of the molecule is FC(F)(F)c1ccccc1-n1ncc2c(Oc3ccccc3)ncnc21. The van der Waals surface area contributed by atoms with Crippen LogP contribution in [-0.2, 0) is 6.18 Å². The third-order valence-corrected chi connectivity index (χ3v) is 3.72. The van der Waals surface area contributed by atoms with Gasteiger partial charge in [-0.05, 0) is 24.3 Å². The van der Waals surface area contributed by atoms with Crippen LogP contribution in [0, 0.1) is 0 Å². The zero-order valence-electron chi connectivity index (χ0n) is 13.2. The topological polar surface area (TPSA) is 52.8 Å². The monoisotopic (exact) mass is 356 g/mol. The minimum absolute atomic E-state index is 0.112. The molecule has 0 radical (unpaired) electrons. The van der Waals surface area contributed by atoms with E-state index >= 15 is 0 Å². The van der Waals surface area contributed by atoms with Crippen LogP contribution in [0.5, 0.6) is 11.6 Å². The molecule has 0 aliphatic rings. The lowest BCUT2D eigenvalue weighted by atomic mass is 10.1. The normalized spacial score (nSPS) is 11.7. The minimum Gasteiger partial charge on any atom is -0.438 e. The van der Waals surface area contributed by atoms with Gasteiger partial charge in [0, 0.05) is 0 Å². The number of hydrogen-bond acceptors (Lipinski definition) is 4. The lowest BCUT2D eigenvalue weighted by Crippen LogP contribution is -2.11. The number of ether oxygens (including phenoxy) is 1. The van der Waals surface area contributed by atoms with Crippen molar-refractivity contribution in [1.29, 1.82) is 0 Å². The van der Waals surface area contributed by atoms with Crippen molar-refractivity contribution in [3.63, 3.8) is 0 Å². The van der Waals surface area contributed by atoms with E-state index in [0.717, 1.165) is 10.7 Å². The molecule has 26 heavy (non-hydrogen) atoms. The van der Waals surface area contributed by atoms with Crippen molar-refractivity contribution >= 4 is 11.0 Å². The van der Waals surface area contributed by atoms with Crippen LogP contribution >= 0.6 is 0 Å². The number of halogens is 3. The van der Waals surface area contributed by atoms with Gasteiger partial charge in [-0.25, -0.2) is 14.6 Å². The molecule has 4 rings (SSSR count). The first kappa shape index (κ1) is 16.1. The zero-order valence-corrected chi connectivity index (χ0v) is 13.2. The minimum atomic E-state index is -4.51. The molecule has 2 heterocycles. The van der Waals surface area contributed by atoms with E-state index in [9.17, 15) is 13.2 Å². The second kappa shape index (κ2) is 6.14. The number of aromatic nitrogens is 4. The van der Waals surface area contributed by atoms with Gasteiger partial charge in [0.2, 0.25) is 5.88 Å². The smallest absolute Gasteiger partial charge is 0.418 e. The molecule has 130 valence electrons. The molecule has 0 atom stereocenters. The second-order valence-electron chi connectivity index (χ2n) is 5.40. The maximum absolute atomic E-state index is 13.3. The van der Waals surface area contributed by atoms with Crippen LogP contribution in [0.3, 0.4) is 0 Å². The van der Waals surface area contributed by atoms with Crippen LogP contribution in [0.1, 0.15) is 5.56 Å². The van der Waals surface area contributed by atoms with Crippen LogP contribution in [0.15, 0.2) is 67.1 Å². The summed E-state index contributed by atoms with van der Waals surface area (Å²) < 4.78 is 46.8. The summed E-state index contributed by atoms with van der Waals surface area (Å²) in [5, 5.41) is 4.49. The predicted octanol–water partition coefficient (Wildman–Crippen LogP) is 4.63. The molecule has 0 aliphatic heterocycles. The third-order valence-electron chi connectivity index (χ3n) is 3.72. The summed E-state index contributed by atoms with van der Waals surface area (Å²) in [4.78, 5) is 8.16. The maximum Gasteiger partial charge on any atom is 0.418 e. The highest BCUT2D eigenvalue weighted by Crippen LogP contribution is 2.35. The van der Waals surface area contributed by atoms with Crippen molar-refractivity contribution in [2.75, 3.05) is 0 Å². The molecule has 8 heteroatoms. The molecule has 0 bridgehead atoms. The fourth-order valence-corrected chi connectivity index (χ4v) is 2.58. The molecule has 0 N–H and O–H groups in total. The van der Waals surface area contributed by atoms with Gasteiger partial charge in [-0.2, -0.15) is 18.3 Å². The highest BCUT2D eigenvalue weighted by molar-refractivity contribution is 5.81. The zero-order chi connectivity index (χ0) is 18.1. The average molecular weight is 356 g/mol. The van der Waals surface area contributed by atoms with Gasteiger partial charge in [-0.15, -0.1) is 0 Å². The number of alkyl halides is 3. The van der Waals surface area contributed by atoms with E-state index in [0.29, 0.717) is 11.1 Å². The Morgan fingerprint density at radius 3 is 2.38 bits per heavy atom. The molecule has 0 fully saturated rings. The molecule has 0 unspecified atom stereocenters. The Morgan fingerprint density at radius 1 is 0.885 bits per heavy atom. The fraction of sp³-hybridized carbons (Fsp3) is 0.0556. The van der Waals surface area contributed by atoms with Gasteiger partial charge in [-0.3, -0.25) is 0 Å². The van der Waals surface area contributed by atoms with Gasteiger partial charge in [0.05, 0.1) is 17.4 Å². The number of rotatable bonds is 3. The molecule has 4 aromatic rings. The van der Waals surface area contributed by atoms with E-state index < -0.39 is 11.7 Å². The Kier molecular flexibility index (Phi) is 3.80. The Morgan fingerprint density at radius 2 is 1.62 bits per heavy atom. The Hall–Kier alpha value is -3.42. The Balaban J connectivity index is 1.84. The van der Waals surface area contributed by atoms with Crippen LogP contribution in [0.4, 0.5) is 13.2 Å². The average Bonchev–Trinajstić information content (AvgIpc) is 3.07. The molecule has 2 aromatic heterocycles. The number of hydrogen-bond donors (Lipinski definition) is 0. The summed E-state index contributed by atoms with van der Waals surface area (Å²) in [5.41, 5.74) is -0.684. The van der Waals surface area contributed by atoms with Gasteiger partial charge >= 0.3 is 6.18 Å². The van der Waals surface area contributed by atoms with E-state index in [-0.39, 0.29) is 17.2 Å². The molecular formula is C18H11F3N4O. The molecule has 0 saturated carbocycles. The van der Waals surface area contributed by atoms with Gasteiger partial charge in [0.15, 0.2) is 5.65 Å². The van der Waals surface area contributed by atoms with Gasteiger partial charge in [0.25, 0.3) is 0 Å². The van der Waals surface area contributed by atoms with Crippen LogP contribution in [-0.4, -0.2) is 19.7 Å². The van der Waals surface area contributed by atoms with Crippen molar-refractivity contribution in [3.8, 4) is 17.3 Å². The molecule has 2 aromatic carbocycles. The second-order valence-corrected chi connectivity index (χ2v) is 5.40. The van der Waals surface area contributed by atoms with Crippen molar-refractivity contribution in [2.45, 2.75) is 6.18 Å². The highest BCUT2D eigenvalue weighted by Gasteiger charge is 2.34. The summed E-state index contributed by atoms with van der Waals surface area (Å²) in [5.74, 6) is 0.771. The predicted molar refractivity (Wildman–Crippen MR) is 88.2 cm³/mol. The fourth-order valence-electron chi connectivity index (χ4n) is 2.58. The Bertz CT molecular complexity index is 1060. The molecule has 0 aliphatic carbocycles. The molecular weight excluding hydrogens is 345 g/mol. The van der Waals surface area contributed by atoms with Gasteiger partial charge in [0.1, 0.15) is 17.5 Å². The van der Waals surface area contributed by atoms with E-state index in [4.69, 9.17) is 4.74 Å². The Labute approximate surface area is 145 Å². The van der Waals surface area contributed by atoms with E-state index in [2.05, 4.69) is 15.1 Å². The quantitative estimate of drug-likeness (QED) is 0.537. The number of fused-ring (bicyclic) bond motifs is 1. The number of nitrogens with zero attached hydrogens (tertiary/aromatic N) is 4. The van der Waals surface area contributed by atoms with Crippen LogP contribution < -0.4 is 4.74 Å². The number of para-hydroxylation sites is 2. The summed E-state index contributed by atoms with van der Waals surface area (Å²) in [7, 11) is 0. The van der Waals surface area contributed by atoms with Gasteiger partial charge < -0.3 is 4.74 Å². The summed E-state index contributed by atoms with van der Waals surface area (Å²) in [6, 6.07) is 14.1. The maximum atomic E-state index is 13.3.